The topological polar surface area (TPSA) is 83.9 Å². The van der Waals surface area contributed by atoms with Crippen LogP contribution >= 0.6 is 11.8 Å². The first-order chi connectivity index (χ1) is 18.5. The number of thioether (sulfide) groups is 1. The molecule has 3 heterocycles. The van der Waals surface area contributed by atoms with Crippen molar-refractivity contribution in [1.29, 1.82) is 0 Å². The number of halogens is 3. The third-order valence-corrected chi connectivity index (χ3v) is 7.00. The Kier molecular flexibility index (Phi) is 8.48. The van der Waals surface area contributed by atoms with E-state index in [-0.39, 0.29) is 30.0 Å². The lowest BCUT2D eigenvalue weighted by Crippen LogP contribution is -2.40. The molecule has 1 aromatic heterocycles. The molecule has 11 heteroatoms. The number of allylic oxidation sites excluding steroid dienone is 1. The number of carbonyl (C=O) groups excluding carboxylic acids is 2. The van der Waals surface area contributed by atoms with E-state index in [4.69, 9.17) is 4.74 Å². The highest BCUT2D eigenvalue weighted by molar-refractivity contribution is 8.16. The maximum Gasteiger partial charge on any atom is 0.434 e. The first-order valence-corrected chi connectivity index (χ1v) is 13.3. The van der Waals surface area contributed by atoms with E-state index in [9.17, 15) is 22.8 Å². The molecule has 4 rings (SSSR count). The van der Waals surface area contributed by atoms with E-state index in [2.05, 4.69) is 15.3 Å². The molecule has 0 aliphatic carbocycles. The number of rotatable bonds is 8. The fourth-order valence-corrected chi connectivity index (χ4v) is 5.18. The molecule has 0 saturated heterocycles. The van der Waals surface area contributed by atoms with Gasteiger partial charge in [-0.15, -0.1) is 0 Å². The Hall–Kier alpha value is -3.60. The van der Waals surface area contributed by atoms with Crippen LogP contribution in [0.5, 0.6) is 0 Å². The lowest BCUT2D eigenvalue weighted by Gasteiger charge is -2.37. The molecule has 206 valence electrons. The van der Waals surface area contributed by atoms with E-state index < -0.39 is 35.6 Å². The summed E-state index contributed by atoms with van der Waals surface area (Å²) in [7, 11) is 0. The van der Waals surface area contributed by atoms with Crippen molar-refractivity contribution in [3.05, 3.63) is 87.9 Å². The second kappa shape index (κ2) is 11.6. The van der Waals surface area contributed by atoms with Crippen LogP contribution in [0.25, 0.3) is 0 Å². The molecule has 7 nitrogen and oxygen atoms in total. The Morgan fingerprint density at radius 1 is 1.13 bits per heavy atom. The highest BCUT2D eigenvalue weighted by atomic mass is 32.2. The summed E-state index contributed by atoms with van der Waals surface area (Å²) in [6, 6.07) is 9.47. The van der Waals surface area contributed by atoms with Crippen LogP contribution in [-0.2, 0) is 20.9 Å². The number of nitrogens with zero attached hydrogens (tertiary/aromatic N) is 3. The molecule has 0 fully saturated rings. The monoisotopic (exact) mass is 558 g/mol. The minimum absolute atomic E-state index is 0.0383. The van der Waals surface area contributed by atoms with Crippen LogP contribution in [0, 0.1) is 0 Å². The maximum absolute atomic E-state index is 14.3. The number of amidine groups is 1. The van der Waals surface area contributed by atoms with Crippen LogP contribution in [0.1, 0.15) is 62.8 Å². The quantitative estimate of drug-likeness (QED) is 0.402. The van der Waals surface area contributed by atoms with Crippen molar-refractivity contribution in [2.45, 2.75) is 64.9 Å². The number of nitrogens with one attached hydrogen (secondary N) is 1. The molecule has 1 amide bonds. The third-order valence-electron chi connectivity index (χ3n) is 6.11. The van der Waals surface area contributed by atoms with Gasteiger partial charge in [-0.3, -0.25) is 9.78 Å². The van der Waals surface area contributed by atoms with Crippen LogP contribution < -0.4 is 5.32 Å². The zero-order valence-electron chi connectivity index (χ0n) is 22.0. The Morgan fingerprint density at radius 3 is 2.44 bits per heavy atom. The van der Waals surface area contributed by atoms with Crippen molar-refractivity contribution in [2.24, 2.45) is 4.99 Å². The summed E-state index contributed by atoms with van der Waals surface area (Å²) in [5, 5.41) is 4.45. The minimum atomic E-state index is -4.90. The summed E-state index contributed by atoms with van der Waals surface area (Å²) in [6.45, 7) is 7.40. The highest BCUT2D eigenvalue weighted by Gasteiger charge is 2.49. The van der Waals surface area contributed by atoms with Crippen molar-refractivity contribution in [3.8, 4) is 0 Å². The molecule has 39 heavy (non-hydrogen) atoms. The van der Waals surface area contributed by atoms with Crippen molar-refractivity contribution < 1.29 is 27.5 Å². The van der Waals surface area contributed by atoms with Gasteiger partial charge < -0.3 is 15.0 Å². The van der Waals surface area contributed by atoms with Crippen molar-refractivity contribution in [2.75, 3.05) is 0 Å². The van der Waals surface area contributed by atoms with Gasteiger partial charge in [-0.25, -0.2) is 9.79 Å². The number of benzene rings is 1. The number of carbonyl (C=O) groups is 2. The Bertz CT molecular complexity index is 1320. The van der Waals surface area contributed by atoms with Gasteiger partial charge in [-0.2, -0.15) is 13.2 Å². The molecule has 0 bridgehead atoms. The smallest absolute Gasteiger partial charge is 0.434 e. The van der Waals surface area contributed by atoms with E-state index in [0.717, 1.165) is 22.9 Å². The molecule has 1 atom stereocenters. The molecule has 0 radical (unpaired) electrons. The fraction of sp³-hybridized carbons (Fsp3) is 0.357. The predicted octanol–water partition coefficient (Wildman–Crippen LogP) is 5.98. The first-order valence-electron chi connectivity index (χ1n) is 12.5. The number of hydrogen-bond donors (Lipinski definition) is 1. The molecule has 2 aromatic rings. The zero-order valence-corrected chi connectivity index (χ0v) is 22.8. The number of hydrogen-bond acceptors (Lipinski definition) is 7. The van der Waals surface area contributed by atoms with E-state index in [1.807, 2.05) is 32.0 Å². The number of amides is 1. The lowest BCUT2D eigenvalue weighted by atomic mass is 9.91. The SMILES string of the molecule is CC(C)OC(=O)C1=C(C(F)(F)F)N=C2SC=C(CC(=O)NCc3cccnc3)N2C1c1ccc(C(C)C)cc1. The summed E-state index contributed by atoms with van der Waals surface area (Å²) in [5.74, 6) is -1.23. The van der Waals surface area contributed by atoms with Gasteiger partial charge in [-0.05, 0) is 47.9 Å². The summed E-state index contributed by atoms with van der Waals surface area (Å²) < 4.78 is 48.1. The van der Waals surface area contributed by atoms with Gasteiger partial charge >= 0.3 is 12.1 Å². The van der Waals surface area contributed by atoms with Crippen LogP contribution in [0.3, 0.4) is 0 Å². The largest absolute Gasteiger partial charge is 0.459 e. The number of aromatic nitrogens is 1. The summed E-state index contributed by atoms with van der Waals surface area (Å²) in [6.07, 6.45) is -2.41. The standard InChI is InChI=1S/C28H29F3N4O3S/c1-16(2)19-7-9-20(10-8-19)24-23(26(37)38-17(3)4)25(28(29,30)31)34-27-35(24)21(15-39-27)12-22(36)33-14-18-6-5-11-32-13-18/h5-11,13,15-17,24H,12,14H2,1-4H3,(H,33,36). The molecule has 2 aliphatic rings. The van der Waals surface area contributed by atoms with E-state index >= 15 is 0 Å². The van der Waals surface area contributed by atoms with Gasteiger partial charge in [0.15, 0.2) is 10.9 Å². The summed E-state index contributed by atoms with van der Waals surface area (Å²) >= 11 is 0.982. The van der Waals surface area contributed by atoms with Crippen LogP contribution in [0.15, 0.2) is 76.2 Å². The van der Waals surface area contributed by atoms with Gasteiger partial charge in [0, 0.05) is 24.6 Å². The van der Waals surface area contributed by atoms with E-state index in [0.29, 0.717) is 11.3 Å². The minimum Gasteiger partial charge on any atom is -0.459 e. The second-order valence-electron chi connectivity index (χ2n) is 9.74. The van der Waals surface area contributed by atoms with Crippen LogP contribution in [-0.4, -0.2) is 39.2 Å². The number of ether oxygens (including phenoxy) is 1. The third kappa shape index (κ3) is 6.52. The lowest BCUT2D eigenvalue weighted by molar-refractivity contribution is -0.145. The number of fused-ring (bicyclic) bond motifs is 1. The molecule has 0 spiro atoms. The Morgan fingerprint density at radius 2 is 1.85 bits per heavy atom. The average Bonchev–Trinajstić information content (AvgIpc) is 3.28. The number of pyridine rings is 1. The number of esters is 1. The van der Waals surface area contributed by atoms with Gasteiger partial charge in [0.1, 0.15) is 0 Å². The fourth-order valence-electron chi connectivity index (χ4n) is 4.27. The average molecular weight is 559 g/mol. The van der Waals surface area contributed by atoms with Gasteiger partial charge in [0.2, 0.25) is 5.91 Å². The Labute approximate surface area is 229 Å². The molecule has 0 saturated carbocycles. The van der Waals surface area contributed by atoms with Crippen molar-refractivity contribution >= 4 is 28.8 Å². The highest BCUT2D eigenvalue weighted by Crippen LogP contribution is 2.48. The second-order valence-corrected chi connectivity index (χ2v) is 10.6. The van der Waals surface area contributed by atoms with Crippen LogP contribution in [0.2, 0.25) is 0 Å². The van der Waals surface area contributed by atoms with Crippen molar-refractivity contribution in [1.82, 2.24) is 15.2 Å². The summed E-state index contributed by atoms with van der Waals surface area (Å²) in [5.41, 5.74) is 0.781. The number of aliphatic imine (C=N–C) groups is 1. The predicted molar refractivity (Wildman–Crippen MR) is 143 cm³/mol. The summed E-state index contributed by atoms with van der Waals surface area (Å²) in [4.78, 5) is 35.5. The molecular formula is C28H29F3N4O3S. The normalized spacial score (nSPS) is 17.3. The first kappa shape index (κ1) is 28.4. The van der Waals surface area contributed by atoms with Gasteiger partial charge in [-0.1, -0.05) is 55.9 Å². The van der Waals surface area contributed by atoms with E-state index in [1.54, 1.807) is 49.8 Å². The van der Waals surface area contributed by atoms with Crippen LogP contribution in [0.4, 0.5) is 13.2 Å². The van der Waals surface area contributed by atoms with Crippen molar-refractivity contribution in [3.63, 3.8) is 0 Å². The molecule has 1 N–H and O–H groups in total. The van der Waals surface area contributed by atoms with Gasteiger partial charge in [0.05, 0.1) is 24.1 Å². The maximum atomic E-state index is 14.3. The molecule has 1 aromatic carbocycles. The number of alkyl halides is 3. The molecular weight excluding hydrogens is 529 g/mol. The van der Waals surface area contributed by atoms with Gasteiger partial charge in [0.25, 0.3) is 0 Å². The zero-order chi connectivity index (χ0) is 28.3. The Balaban J connectivity index is 1.73. The van der Waals surface area contributed by atoms with E-state index in [1.165, 1.54) is 4.90 Å². The molecule has 1 unspecified atom stereocenters. The molecule has 2 aliphatic heterocycles.